The second-order valence-corrected chi connectivity index (χ2v) is 22.6. The van der Waals surface area contributed by atoms with E-state index < -0.39 is 47.6 Å². The molecule has 2 aliphatic rings. The van der Waals surface area contributed by atoms with Gasteiger partial charge in [0.15, 0.2) is 0 Å². The molecule has 2 saturated carbocycles. The summed E-state index contributed by atoms with van der Waals surface area (Å²) in [5.41, 5.74) is 2.00. The molecule has 0 saturated heterocycles. The molecule has 5 aromatic rings. The van der Waals surface area contributed by atoms with Gasteiger partial charge in [0.2, 0.25) is 0 Å². The van der Waals surface area contributed by atoms with E-state index in [1.54, 1.807) is 48.5 Å². The van der Waals surface area contributed by atoms with Crippen molar-refractivity contribution in [2.45, 2.75) is 0 Å². The maximum absolute atomic E-state index is 14.6. The summed E-state index contributed by atoms with van der Waals surface area (Å²) < 4.78 is 57.8. The average Bonchev–Trinajstić information content (AvgIpc) is 3.89. The van der Waals surface area contributed by atoms with E-state index >= 15 is 0 Å². The minimum absolute atomic E-state index is 0.139. The van der Waals surface area contributed by atoms with Crippen molar-refractivity contribution in [1.82, 2.24) is 0 Å². The van der Waals surface area contributed by atoms with Crippen LogP contribution in [0.4, 0.5) is 13.2 Å². The van der Waals surface area contributed by atoms with Crippen molar-refractivity contribution >= 4 is 40.7 Å². The molecule has 8 heteroatoms. The zero-order chi connectivity index (χ0) is 34.7. The Kier molecular flexibility index (Phi) is 9.63. The van der Waals surface area contributed by atoms with Gasteiger partial charge >= 0.3 is 294 Å². The second-order valence-electron chi connectivity index (χ2n) is 11.6. The van der Waals surface area contributed by atoms with E-state index in [-0.39, 0.29) is 21.7 Å². The Morgan fingerprint density at radius 1 is 0.400 bits per heavy atom. The molecule has 0 spiro atoms. The molecule has 0 amide bonds. The van der Waals surface area contributed by atoms with Crippen molar-refractivity contribution in [1.29, 1.82) is 0 Å². The summed E-state index contributed by atoms with van der Waals surface area (Å²) in [5.74, 6) is -1.57. The number of halogens is 3. The molecule has 4 nitrogen and oxygen atoms in total. The molecular weight excluding hydrogens is 747 g/mol. The molecule has 2 aliphatic carbocycles. The molecule has 5 aromatic carbocycles. The molecule has 0 heterocycles. The first kappa shape index (κ1) is 34.1. The topological polar surface area (TPSA) is 52.6 Å². The minimum atomic E-state index is -6.66. The summed E-state index contributed by atoms with van der Waals surface area (Å²) in [6.07, 6.45) is 15.4. The van der Waals surface area contributed by atoms with E-state index in [0.29, 0.717) is 0 Å². The van der Waals surface area contributed by atoms with Crippen molar-refractivity contribution in [3.63, 3.8) is 0 Å². The fourth-order valence-corrected chi connectivity index (χ4v) is 18.9. The third kappa shape index (κ3) is 6.37. The summed E-state index contributed by atoms with van der Waals surface area (Å²) in [7, 11) is 0. The molecule has 0 N–H and O–H groups in total. The summed E-state index contributed by atoms with van der Waals surface area (Å²) in [5, 5.41) is 0. The van der Waals surface area contributed by atoms with Crippen LogP contribution in [0.25, 0.3) is 0 Å². The molecule has 0 atom stereocenters. The third-order valence-electron chi connectivity index (χ3n) is 8.63. The van der Waals surface area contributed by atoms with Gasteiger partial charge in [-0.25, -0.2) is 0 Å². The second kappa shape index (κ2) is 14.1. The van der Waals surface area contributed by atoms with E-state index in [4.69, 9.17) is 6.03 Å². The van der Waals surface area contributed by atoms with Crippen molar-refractivity contribution in [2.75, 3.05) is 0 Å². The fraction of sp³-hybridized carbons (Fsp3) is 0. The summed E-state index contributed by atoms with van der Waals surface area (Å²) in [4.78, 5) is 29.0. The van der Waals surface area contributed by atoms with Gasteiger partial charge in [-0.05, 0) is 0 Å². The zero-order valence-electron chi connectivity index (χ0n) is 26.4. The number of carbonyl (C=O) groups is 2. The summed E-state index contributed by atoms with van der Waals surface area (Å²) in [6.45, 7) is 0. The van der Waals surface area contributed by atoms with Crippen molar-refractivity contribution in [3.8, 4) is 0 Å². The number of hydrogen-bond acceptors (Lipinski definition) is 4. The van der Waals surface area contributed by atoms with E-state index in [1.165, 1.54) is 72.8 Å². The average molecular weight is 775 g/mol. The molecule has 246 valence electrons. The van der Waals surface area contributed by atoms with E-state index in [1.807, 2.05) is 51.4 Å². The first-order valence-electron chi connectivity index (χ1n) is 15.7. The van der Waals surface area contributed by atoms with Crippen molar-refractivity contribution in [2.24, 2.45) is 0 Å². The van der Waals surface area contributed by atoms with Gasteiger partial charge in [0.1, 0.15) is 0 Å². The van der Waals surface area contributed by atoms with E-state index in [9.17, 15) is 22.8 Å². The summed E-state index contributed by atoms with van der Waals surface area (Å²) >= 11 is -6.66. The Hall–Kier alpha value is -4.35. The van der Waals surface area contributed by atoms with Gasteiger partial charge in [-0.2, -0.15) is 0 Å². The molecule has 0 unspecified atom stereocenters. The first-order chi connectivity index (χ1) is 24.2. The Bertz CT molecular complexity index is 1770. The van der Waals surface area contributed by atoms with Gasteiger partial charge in [0.25, 0.3) is 0 Å². The zero-order valence-corrected chi connectivity index (χ0v) is 28.9. The number of hydrogen-bond donors (Lipinski definition) is 0. The third-order valence-corrected chi connectivity index (χ3v) is 22.2. The van der Waals surface area contributed by atoms with Crippen molar-refractivity contribution in [3.05, 3.63) is 224 Å². The normalized spacial score (nSPS) is 16.1. The maximum atomic E-state index is 14.6. The molecule has 2 fully saturated rings. The van der Waals surface area contributed by atoms with Gasteiger partial charge in [0, 0.05) is 0 Å². The Labute approximate surface area is 292 Å². The number of carbonyl (C=O) groups excluding carboxylic acids is 2. The molecular formula is C42H28F3O4Sb. The van der Waals surface area contributed by atoms with E-state index in [0.717, 1.165) is 23.0 Å². The van der Waals surface area contributed by atoms with Gasteiger partial charge in [-0.1, -0.05) is 0 Å². The standard InChI is InChI=1S/2C12H9O2.3C6H4F.Sb/c2*13-12(14)11-7-5-10(6-8-11)9-3-1-2-4-9;3*7-6-4-2-1-3-5-6;/h2*1-8H,(H,13,14);3*2-5H;/q;;;;;+2/p-2. The van der Waals surface area contributed by atoms with Gasteiger partial charge < -0.3 is 0 Å². The van der Waals surface area contributed by atoms with Crippen LogP contribution in [-0.4, -0.2) is 30.2 Å². The van der Waals surface area contributed by atoms with Gasteiger partial charge in [0.05, 0.1) is 0 Å². The number of rotatable bonds is 9. The first-order valence-corrected chi connectivity index (χ1v) is 21.6. The molecule has 10 radical (unpaired) electrons. The fourth-order valence-electron chi connectivity index (χ4n) is 6.07. The molecule has 50 heavy (non-hydrogen) atoms. The van der Waals surface area contributed by atoms with Crippen LogP contribution >= 0.6 is 0 Å². The van der Waals surface area contributed by atoms with Gasteiger partial charge in [-0.15, -0.1) is 0 Å². The Balaban J connectivity index is 1.43. The Morgan fingerprint density at radius 2 is 0.680 bits per heavy atom. The summed E-state index contributed by atoms with van der Waals surface area (Å²) in [6, 6.07) is 28.8. The Morgan fingerprint density at radius 3 is 0.960 bits per heavy atom. The molecule has 0 aliphatic heterocycles. The molecule has 0 bridgehead atoms. The predicted octanol–water partition coefficient (Wildman–Crippen LogP) is 6.74. The van der Waals surface area contributed by atoms with Crippen LogP contribution in [0.15, 0.2) is 121 Å². The molecule has 7 rings (SSSR count). The van der Waals surface area contributed by atoms with Crippen molar-refractivity contribution < 1.29 is 28.8 Å². The SMILES string of the molecule is O=C([O][Sb]([O]C(=O)c1ccc([C]2[CH][CH][CH][CH]2)cc1)([c]1ccc(F)cc1)([c]1ccc(F)cc1)[c]1ccc(F)cc1)c1ccc([C]2[CH][CH][CH][CH]2)cc1. The van der Waals surface area contributed by atoms with Crippen LogP contribution in [-0.2, 0) is 6.03 Å². The monoisotopic (exact) mass is 774 g/mol. The van der Waals surface area contributed by atoms with Crippen LogP contribution < -0.4 is 10.5 Å². The van der Waals surface area contributed by atoms with Crippen LogP contribution in [0, 0.1) is 80.7 Å². The predicted molar refractivity (Wildman–Crippen MR) is 187 cm³/mol. The van der Waals surface area contributed by atoms with Crippen LogP contribution in [0.1, 0.15) is 31.8 Å². The van der Waals surface area contributed by atoms with Crippen LogP contribution in [0.2, 0.25) is 0 Å². The number of benzene rings is 5. The van der Waals surface area contributed by atoms with E-state index in [2.05, 4.69) is 0 Å². The van der Waals surface area contributed by atoms with Crippen LogP contribution in [0.5, 0.6) is 0 Å². The quantitative estimate of drug-likeness (QED) is 0.156. The van der Waals surface area contributed by atoms with Crippen LogP contribution in [0.3, 0.4) is 0 Å². The molecule has 0 aromatic heterocycles. The van der Waals surface area contributed by atoms with Gasteiger partial charge in [-0.3, -0.25) is 0 Å².